The van der Waals surface area contributed by atoms with Crippen molar-refractivity contribution in [2.75, 3.05) is 13.2 Å². The lowest BCUT2D eigenvalue weighted by atomic mass is 10.1. The van der Waals surface area contributed by atoms with Crippen molar-refractivity contribution in [3.63, 3.8) is 0 Å². The van der Waals surface area contributed by atoms with Gasteiger partial charge in [0.25, 0.3) is 11.1 Å². The average Bonchev–Trinajstić information content (AvgIpc) is 2.97. The minimum atomic E-state index is -0.374. The van der Waals surface area contributed by atoms with Crippen molar-refractivity contribution in [1.82, 2.24) is 4.90 Å². The molecule has 2 amide bonds. The number of rotatable bonds is 8. The van der Waals surface area contributed by atoms with E-state index in [1.54, 1.807) is 30.3 Å². The van der Waals surface area contributed by atoms with Crippen molar-refractivity contribution < 1.29 is 19.1 Å². The van der Waals surface area contributed by atoms with Crippen molar-refractivity contribution in [2.45, 2.75) is 26.8 Å². The maximum Gasteiger partial charge on any atom is 0.293 e. The molecule has 0 spiro atoms. The number of amides is 2. The standard InChI is InChI=1S/C22H20BrCl2NO4S/c1-3-7-30-20-16(23)8-13(9-18(20)29-4-2)10-19-21(27)26(22(28)31-19)12-14-5-6-15(24)11-17(14)25/h5-6,8-11H,3-4,7,12H2,1-2H3/b19-10-. The van der Waals surface area contributed by atoms with E-state index in [1.807, 2.05) is 19.9 Å². The number of carbonyl (C=O) groups is 2. The van der Waals surface area contributed by atoms with Gasteiger partial charge in [-0.1, -0.05) is 36.2 Å². The van der Waals surface area contributed by atoms with E-state index in [0.717, 1.165) is 18.2 Å². The molecule has 1 heterocycles. The minimum absolute atomic E-state index is 0.0791. The monoisotopic (exact) mass is 543 g/mol. The topological polar surface area (TPSA) is 55.8 Å². The third-order valence-corrected chi connectivity index (χ3v) is 6.38. The lowest BCUT2D eigenvalue weighted by Crippen LogP contribution is -2.27. The van der Waals surface area contributed by atoms with Crippen molar-refractivity contribution in [3.8, 4) is 11.5 Å². The number of halogens is 3. The van der Waals surface area contributed by atoms with Crippen LogP contribution in [0.1, 0.15) is 31.4 Å². The lowest BCUT2D eigenvalue weighted by Gasteiger charge is -2.14. The SMILES string of the molecule is CCCOc1c(Br)cc(/C=C2\SC(=O)N(Cc3ccc(Cl)cc3Cl)C2=O)cc1OCC. The van der Waals surface area contributed by atoms with Crippen LogP contribution >= 0.6 is 50.9 Å². The second-order valence-electron chi connectivity index (χ2n) is 6.62. The Morgan fingerprint density at radius 1 is 1.13 bits per heavy atom. The highest BCUT2D eigenvalue weighted by atomic mass is 79.9. The number of hydrogen-bond acceptors (Lipinski definition) is 5. The molecule has 3 rings (SSSR count). The third kappa shape index (κ3) is 5.77. The lowest BCUT2D eigenvalue weighted by molar-refractivity contribution is -0.123. The second kappa shape index (κ2) is 10.8. The summed E-state index contributed by atoms with van der Waals surface area (Å²) in [7, 11) is 0. The fourth-order valence-electron chi connectivity index (χ4n) is 2.89. The zero-order valence-electron chi connectivity index (χ0n) is 16.9. The summed E-state index contributed by atoms with van der Waals surface area (Å²) in [6.07, 6.45) is 2.54. The van der Waals surface area contributed by atoms with Gasteiger partial charge < -0.3 is 9.47 Å². The molecular weight excluding hydrogens is 525 g/mol. The molecule has 0 atom stereocenters. The molecule has 2 aromatic carbocycles. The van der Waals surface area contributed by atoms with Crippen LogP contribution < -0.4 is 9.47 Å². The van der Waals surface area contributed by atoms with Crippen LogP contribution in [0.25, 0.3) is 6.08 Å². The van der Waals surface area contributed by atoms with E-state index in [-0.39, 0.29) is 17.7 Å². The van der Waals surface area contributed by atoms with Gasteiger partial charge in [0, 0.05) is 10.0 Å². The van der Waals surface area contributed by atoms with Crippen molar-refractivity contribution in [1.29, 1.82) is 0 Å². The number of imide groups is 1. The van der Waals surface area contributed by atoms with E-state index >= 15 is 0 Å². The van der Waals surface area contributed by atoms with Gasteiger partial charge in [-0.15, -0.1) is 0 Å². The average molecular weight is 545 g/mol. The van der Waals surface area contributed by atoms with Gasteiger partial charge >= 0.3 is 0 Å². The molecule has 0 aromatic heterocycles. The first kappa shape index (κ1) is 24.0. The molecule has 0 unspecified atom stereocenters. The van der Waals surface area contributed by atoms with Gasteiger partial charge in [0.2, 0.25) is 0 Å². The summed E-state index contributed by atoms with van der Waals surface area (Å²) in [6.45, 7) is 5.02. The van der Waals surface area contributed by atoms with Gasteiger partial charge in [-0.25, -0.2) is 0 Å². The van der Waals surface area contributed by atoms with E-state index < -0.39 is 0 Å². The summed E-state index contributed by atoms with van der Waals surface area (Å²) in [5, 5.41) is 0.544. The number of benzene rings is 2. The Bertz CT molecular complexity index is 1040. The fraction of sp³-hybridized carbons (Fsp3) is 0.273. The molecule has 0 N–H and O–H groups in total. The molecule has 9 heteroatoms. The second-order valence-corrected chi connectivity index (χ2v) is 9.31. The summed E-state index contributed by atoms with van der Waals surface area (Å²) in [4.78, 5) is 26.9. The van der Waals surface area contributed by atoms with Crippen LogP contribution in [0.2, 0.25) is 10.0 Å². The maximum absolute atomic E-state index is 12.9. The zero-order valence-corrected chi connectivity index (χ0v) is 20.8. The predicted octanol–water partition coefficient (Wildman–Crippen LogP) is 7.18. The Kier molecular flexibility index (Phi) is 8.33. The van der Waals surface area contributed by atoms with Crippen LogP contribution in [0.3, 0.4) is 0 Å². The molecule has 1 aliphatic rings. The summed E-state index contributed by atoms with van der Waals surface area (Å²) < 4.78 is 12.2. The first-order valence-corrected chi connectivity index (χ1v) is 12.0. The van der Waals surface area contributed by atoms with Crippen molar-refractivity contribution >= 4 is 68.1 Å². The summed E-state index contributed by atoms with van der Waals surface area (Å²) >= 11 is 16.5. The third-order valence-electron chi connectivity index (χ3n) is 4.30. The highest BCUT2D eigenvalue weighted by Crippen LogP contribution is 2.40. The van der Waals surface area contributed by atoms with E-state index in [2.05, 4.69) is 15.9 Å². The first-order valence-electron chi connectivity index (χ1n) is 9.62. The Labute approximate surface area is 203 Å². The molecule has 1 aliphatic heterocycles. The van der Waals surface area contributed by atoms with Crippen LogP contribution in [0.15, 0.2) is 39.7 Å². The number of ether oxygens (including phenoxy) is 2. The van der Waals surface area contributed by atoms with Crippen LogP contribution in [-0.2, 0) is 11.3 Å². The van der Waals surface area contributed by atoms with Crippen LogP contribution in [0, 0.1) is 0 Å². The normalized spacial score (nSPS) is 15.1. The Hall–Kier alpha value is -1.67. The van der Waals surface area contributed by atoms with Crippen molar-refractivity contribution in [3.05, 3.63) is 60.9 Å². The maximum atomic E-state index is 12.9. The minimum Gasteiger partial charge on any atom is -0.490 e. The van der Waals surface area contributed by atoms with Crippen molar-refractivity contribution in [2.24, 2.45) is 0 Å². The van der Waals surface area contributed by atoms with Crippen LogP contribution in [0.4, 0.5) is 4.79 Å². The molecule has 0 radical (unpaired) electrons. The Morgan fingerprint density at radius 2 is 1.90 bits per heavy atom. The Balaban J connectivity index is 1.86. The van der Waals surface area contributed by atoms with E-state index in [4.69, 9.17) is 32.7 Å². The number of thioether (sulfide) groups is 1. The van der Waals surface area contributed by atoms with Crippen LogP contribution in [0.5, 0.6) is 11.5 Å². The highest BCUT2D eigenvalue weighted by molar-refractivity contribution is 9.10. The molecule has 2 aromatic rings. The quantitative estimate of drug-likeness (QED) is 0.329. The fourth-order valence-corrected chi connectivity index (χ4v) is 4.77. The van der Waals surface area contributed by atoms with Gasteiger partial charge in [0.05, 0.1) is 29.1 Å². The van der Waals surface area contributed by atoms with E-state index in [0.29, 0.717) is 55.3 Å². The van der Waals surface area contributed by atoms with E-state index in [1.165, 1.54) is 4.90 Å². The molecule has 1 saturated heterocycles. The van der Waals surface area contributed by atoms with Gasteiger partial charge in [0.15, 0.2) is 11.5 Å². The van der Waals surface area contributed by atoms with E-state index in [9.17, 15) is 9.59 Å². The number of carbonyl (C=O) groups excluding carboxylic acids is 2. The van der Waals surface area contributed by atoms with Gasteiger partial charge in [-0.2, -0.15) is 0 Å². The molecule has 0 aliphatic carbocycles. The van der Waals surface area contributed by atoms with Gasteiger partial charge in [0.1, 0.15) is 0 Å². The predicted molar refractivity (Wildman–Crippen MR) is 129 cm³/mol. The molecule has 5 nitrogen and oxygen atoms in total. The largest absolute Gasteiger partial charge is 0.490 e. The molecule has 164 valence electrons. The number of hydrogen-bond donors (Lipinski definition) is 0. The highest BCUT2D eigenvalue weighted by Gasteiger charge is 2.35. The molecule has 0 bridgehead atoms. The zero-order chi connectivity index (χ0) is 22.5. The van der Waals surface area contributed by atoms with Gasteiger partial charge in [-0.3, -0.25) is 14.5 Å². The summed E-state index contributed by atoms with van der Waals surface area (Å²) in [5.74, 6) is 0.816. The van der Waals surface area contributed by atoms with Gasteiger partial charge in [-0.05, 0) is 82.5 Å². The van der Waals surface area contributed by atoms with Crippen LogP contribution in [-0.4, -0.2) is 29.3 Å². The summed E-state index contributed by atoms with van der Waals surface area (Å²) in [5.41, 5.74) is 1.36. The molecule has 31 heavy (non-hydrogen) atoms. The summed E-state index contributed by atoms with van der Waals surface area (Å²) in [6, 6.07) is 8.59. The molecule has 1 fully saturated rings. The smallest absolute Gasteiger partial charge is 0.293 e. The molecule has 0 saturated carbocycles. The molecular formula is C22H20BrCl2NO4S. The first-order chi connectivity index (χ1) is 14.8. The Morgan fingerprint density at radius 3 is 2.58 bits per heavy atom. The number of nitrogens with zero attached hydrogens (tertiary/aromatic N) is 1.